The first-order valence-electron chi connectivity index (χ1n) is 20.9. The third-order valence-corrected chi connectivity index (χ3v) is 14.2. The Hall–Kier alpha value is -5.57. The number of anilines is 6. The van der Waals surface area contributed by atoms with Crippen molar-refractivity contribution in [2.24, 2.45) is 5.92 Å². The number of fused-ring (bicyclic) bond motifs is 1. The molecular weight excluding hydrogens is 869 g/mol. The molecule has 0 amide bonds. The zero-order valence-electron chi connectivity index (χ0n) is 36.0. The Labute approximate surface area is 369 Å². The molecule has 62 heavy (non-hydrogen) atoms. The summed E-state index contributed by atoms with van der Waals surface area (Å²) in [7, 11) is 1.20. The van der Waals surface area contributed by atoms with Crippen LogP contribution in [0.5, 0.6) is 5.75 Å². The molecule has 17 heteroatoms. The summed E-state index contributed by atoms with van der Waals surface area (Å²) >= 11 is 3.59. The molecule has 2 saturated heterocycles. The third kappa shape index (κ3) is 9.28. The van der Waals surface area contributed by atoms with E-state index in [0.29, 0.717) is 56.0 Å². The first-order valence-corrected chi connectivity index (χ1v) is 24.3. The van der Waals surface area contributed by atoms with Crippen molar-refractivity contribution in [3.8, 4) is 11.4 Å². The molecule has 3 aromatic heterocycles. The largest absolute Gasteiger partial charge is 0.494 e. The minimum Gasteiger partial charge on any atom is -0.494 e. The zero-order valence-corrected chi connectivity index (χ0v) is 38.5. The van der Waals surface area contributed by atoms with Crippen molar-refractivity contribution >= 4 is 73.9 Å². The van der Waals surface area contributed by atoms with Gasteiger partial charge in [0.25, 0.3) is 5.56 Å². The van der Waals surface area contributed by atoms with Crippen LogP contribution in [0.25, 0.3) is 16.7 Å². The molecular formula is C45H53BrN11O4P. The highest BCUT2D eigenvalue weighted by Gasteiger charge is 2.28. The maximum absolute atomic E-state index is 13.5. The number of ether oxygens (including phenoxy) is 1. The van der Waals surface area contributed by atoms with E-state index in [0.717, 1.165) is 86.6 Å². The number of H-pyrrole nitrogens is 1. The maximum Gasteiger partial charge on any atom is 0.332 e. The van der Waals surface area contributed by atoms with E-state index in [1.165, 1.54) is 22.5 Å². The number of nitrogens with zero attached hydrogens (tertiary/aromatic N) is 8. The van der Waals surface area contributed by atoms with Crippen molar-refractivity contribution in [2.45, 2.75) is 45.6 Å². The van der Waals surface area contributed by atoms with E-state index >= 15 is 0 Å². The van der Waals surface area contributed by atoms with Gasteiger partial charge in [-0.15, -0.1) is 0 Å². The molecule has 0 unspecified atom stereocenters. The fourth-order valence-electron chi connectivity index (χ4n) is 8.94. The lowest BCUT2D eigenvalue weighted by molar-refractivity contribution is 0.167. The smallest absolute Gasteiger partial charge is 0.332 e. The van der Waals surface area contributed by atoms with Crippen LogP contribution in [0.4, 0.5) is 34.5 Å². The lowest BCUT2D eigenvalue weighted by Crippen LogP contribution is -2.46. The van der Waals surface area contributed by atoms with E-state index in [2.05, 4.69) is 100 Å². The number of aromatic amines is 1. The van der Waals surface area contributed by atoms with Crippen LogP contribution < -0.4 is 41.7 Å². The first kappa shape index (κ1) is 43.1. The number of methoxy groups -OCH3 is 1. The Balaban J connectivity index is 0.867. The van der Waals surface area contributed by atoms with Gasteiger partial charge in [-0.1, -0.05) is 0 Å². The SMILES string of the molecule is COc1cc(N2CCC(N(C)CC3CCN(c4ccc(-n5ccc(=O)[nH]c5=O)cc4C)CC3)CC2)c(C)cc1Nc1ncc(Br)c(Nc2ccc3nccnc3c2P(C)(C)=O)n1. The zero-order chi connectivity index (χ0) is 43.7. The number of rotatable bonds is 12. The van der Waals surface area contributed by atoms with Crippen molar-refractivity contribution in [2.75, 3.05) is 80.6 Å². The summed E-state index contributed by atoms with van der Waals surface area (Å²) in [6.45, 7) is 12.7. The molecule has 0 radical (unpaired) electrons. The molecule has 2 fully saturated rings. The number of aryl methyl sites for hydroxylation is 2. The highest BCUT2D eigenvalue weighted by molar-refractivity contribution is 9.10. The summed E-state index contributed by atoms with van der Waals surface area (Å²) in [4.78, 5) is 51.9. The average molecular weight is 923 g/mol. The predicted molar refractivity (Wildman–Crippen MR) is 253 cm³/mol. The van der Waals surface area contributed by atoms with Crippen LogP contribution in [-0.2, 0) is 4.57 Å². The maximum atomic E-state index is 13.5. The minimum atomic E-state index is -2.77. The molecule has 5 heterocycles. The van der Waals surface area contributed by atoms with Crippen LogP contribution in [0.3, 0.4) is 0 Å². The second-order valence-corrected chi connectivity index (χ2v) is 20.8. The molecule has 2 aliphatic heterocycles. The van der Waals surface area contributed by atoms with Gasteiger partial charge in [0.2, 0.25) is 5.95 Å². The van der Waals surface area contributed by atoms with Gasteiger partial charge in [0.15, 0.2) is 0 Å². The lowest BCUT2D eigenvalue weighted by Gasteiger charge is -2.41. The number of benzene rings is 3. The number of hydrogen-bond donors (Lipinski definition) is 3. The average Bonchev–Trinajstić information content (AvgIpc) is 3.25. The van der Waals surface area contributed by atoms with Gasteiger partial charge in [-0.25, -0.2) is 9.78 Å². The van der Waals surface area contributed by atoms with E-state index in [9.17, 15) is 14.2 Å². The molecule has 2 aliphatic rings. The second kappa shape index (κ2) is 18.0. The molecule has 3 aromatic carbocycles. The van der Waals surface area contributed by atoms with Gasteiger partial charge < -0.3 is 34.6 Å². The predicted octanol–water partition coefficient (Wildman–Crippen LogP) is 7.20. The summed E-state index contributed by atoms with van der Waals surface area (Å²) in [6, 6.07) is 15.8. The van der Waals surface area contributed by atoms with Crippen LogP contribution in [0.2, 0.25) is 0 Å². The van der Waals surface area contributed by atoms with Gasteiger partial charge >= 0.3 is 5.69 Å². The monoisotopic (exact) mass is 921 g/mol. The summed E-state index contributed by atoms with van der Waals surface area (Å²) in [5.74, 6) is 2.22. The molecule has 0 atom stereocenters. The minimum absolute atomic E-state index is 0.376. The topological polar surface area (TPSA) is 166 Å². The van der Waals surface area contributed by atoms with Gasteiger partial charge in [0.1, 0.15) is 24.2 Å². The standard InChI is InChI=1S/C45H53BrN11O4P/c1-28-23-32(57-22-15-40(58)52-45(57)59)7-10-37(28)55-18-11-30(12-19-55)27-54(3)31-13-20-56(21-14-31)38-25-39(61-4)36(24-29(38)2)51-44-49-26-33(46)43(53-44)50-35-9-8-34-41(48-17-16-47-34)42(35)62(5,6)60/h7-10,15-17,22-26,30-31H,11-14,18-21,27H2,1-6H3,(H,52,58,59)(H2,49,50,51,53). The van der Waals surface area contributed by atoms with Crippen LogP contribution in [-0.4, -0.2) is 101 Å². The molecule has 15 nitrogen and oxygen atoms in total. The molecule has 6 aromatic rings. The number of piperidine rings is 2. The number of aromatic nitrogens is 6. The fourth-order valence-corrected chi connectivity index (χ4v) is 10.6. The van der Waals surface area contributed by atoms with E-state index in [1.54, 1.807) is 39.0 Å². The van der Waals surface area contributed by atoms with E-state index < -0.39 is 18.4 Å². The number of halogens is 1. The van der Waals surface area contributed by atoms with Crippen LogP contribution in [0, 0.1) is 19.8 Å². The molecule has 0 bridgehead atoms. The Morgan fingerprint density at radius 1 is 0.871 bits per heavy atom. The molecule has 0 aliphatic carbocycles. The quantitative estimate of drug-likeness (QED) is 0.106. The van der Waals surface area contributed by atoms with E-state index in [-0.39, 0.29) is 0 Å². The Morgan fingerprint density at radius 2 is 1.58 bits per heavy atom. The molecule has 324 valence electrons. The van der Waals surface area contributed by atoms with Crippen molar-refractivity contribution in [3.05, 3.63) is 110 Å². The van der Waals surface area contributed by atoms with Gasteiger partial charge in [-0.05, 0) is 129 Å². The summed E-state index contributed by atoms with van der Waals surface area (Å²) < 4.78 is 21.5. The third-order valence-electron chi connectivity index (χ3n) is 12.1. The van der Waals surface area contributed by atoms with Crippen molar-refractivity contribution in [1.29, 1.82) is 0 Å². The van der Waals surface area contributed by atoms with Gasteiger partial charge in [-0.2, -0.15) is 4.98 Å². The van der Waals surface area contributed by atoms with Crippen LogP contribution >= 0.6 is 23.1 Å². The highest BCUT2D eigenvalue weighted by Crippen LogP contribution is 2.42. The molecule has 3 N–H and O–H groups in total. The number of nitrogens with one attached hydrogen (secondary N) is 3. The second-order valence-electron chi connectivity index (χ2n) is 16.8. The molecule has 8 rings (SSSR count). The van der Waals surface area contributed by atoms with Crippen molar-refractivity contribution < 1.29 is 9.30 Å². The highest BCUT2D eigenvalue weighted by atomic mass is 79.9. The number of hydrogen-bond acceptors (Lipinski definition) is 13. The normalized spacial score (nSPS) is 15.4. The Bertz CT molecular complexity index is 2780. The summed E-state index contributed by atoms with van der Waals surface area (Å²) in [6.07, 6.45) is 10.9. The summed E-state index contributed by atoms with van der Waals surface area (Å²) in [5.41, 5.74) is 7.17. The lowest BCUT2D eigenvalue weighted by atomic mass is 9.93. The molecule has 0 saturated carbocycles. The van der Waals surface area contributed by atoms with Gasteiger partial charge in [0, 0.05) is 87.1 Å². The molecule has 0 spiro atoms. The first-order chi connectivity index (χ1) is 29.7. The Kier molecular flexibility index (Phi) is 12.5. The van der Waals surface area contributed by atoms with Gasteiger partial charge in [0.05, 0.1) is 39.5 Å². The van der Waals surface area contributed by atoms with Crippen molar-refractivity contribution in [1.82, 2.24) is 34.4 Å². The van der Waals surface area contributed by atoms with Gasteiger partial charge in [-0.3, -0.25) is 24.3 Å². The fraction of sp³-hybridized carbons (Fsp3) is 0.378. The van der Waals surface area contributed by atoms with E-state index in [4.69, 9.17) is 9.72 Å². The van der Waals surface area contributed by atoms with Crippen LogP contribution in [0.1, 0.15) is 36.8 Å². The summed E-state index contributed by atoms with van der Waals surface area (Å²) in [5, 5.41) is 7.36. The Morgan fingerprint density at radius 3 is 2.29 bits per heavy atom. The van der Waals surface area contributed by atoms with E-state index in [1.807, 2.05) is 24.3 Å². The van der Waals surface area contributed by atoms with Crippen LogP contribution in [0.15, 0.2) is 87.4 Å². The van der Waals surface area contributed by atoms with Crippen molar-refractivity contribution in [3.63, 3.8) is 0 Å².